The highest BCUT2D eigenvalue weighted by Crippen LogP contribution is 2.35. The zero-order valence-electron chi connectivity index (χ0n) is 14.1. The Bertz CT molecular complexity index is 707. The molecule has 0 atom stereocenters. The summed E-state index contributed by atoms with van der Waals surface area (Å²) in [6.07, 6.45) is 9.50. The Morgan fingerprint density at radius 3 is 2.36 bits per heavy atom. The Kier molecular flexibility index (Phi) is 7.04. The molecule has 138 valence electrons. The van der Waals surface area contributed by atoms with Gasteiger partial charge in [-0.1, -0.05) is 36.6 Å². The zero-order valence-corrected chi connectivity index (χ0v) is 15.7. The van der Waals surface area contributed by atoms with Crippen molar-refractivity contribution >= 4 is 27.6 Å². The molecule has 0 heterocycles. The number of rotatable bonds is 9. The summed E-state index contributed by atoms with van der Waals surface area (Å²) in [4.78, 5) is 10.7. The Balaban J connectivity index is 1.99. The van der Waals surface area contributed by atoms with Crippen LogP contribution < -0.4 is 4.72 Å². The van der Waals surface area contributed by atoms with Gasteiger partial charge in [-0.15, -0.1) is 0 Å². The molecule has 1 saturated carbocycles. The van der Waals surface area contributed by atoms with Gasteiger partial charge in [-0.05, 0) is 56.4 Å². The molecule has 1 aromatic carbocycles. The number of benzene rings is 1. The molecule has 0 amide bonds. The van der Waals surface area contributed by atoms with E-state index in [1.54, 1.807) is 12.1 Å². The maximum Gasteiger partial charge on any atom is 0.303 e. The summed E-state index contributed by atoms with van der Waals surface area (Å²) in [5.74, 6) is -0.812. The molecule has 0 radical (unpaired) electrons. The van der Waals surface area contributed by atoms with Gasteiger partial charge in [0.05, 0.1) is 4.90 Å². The van der Waals surface area contributed by atoms with Crippen LogP contribution in [0.2, 0.25) is 5.02 Å². The molecule has 25 heavy (non-hydrogen) atoms. The maximum absolute atomic E-state index is 12.7. The molecule has 1 aliphatic rings. The fourth-order valence-corrected chi connectivity index (χ4v) is 4.83. The number of hydrogen-bond donors (Lipinski definition) is 2. The second-order valence-corrected chi connectivity index (χ2v) is 8.61. The molecule has 1 fully saturated rings. The Morgan fingerprint density at radius 2 is 1.76 bits per heavy atom. The number of allylic oxidation sites excluding steroid dienone is 2. The van der Waals surface area contributed by atoms with Gasteiger partial charge in [0.25, 0.3) is 0 Å². The van der Waals surface area contributed by atoms with E-state index in [9.17, 15) is 13.2 Å². The van der Waals surface area contributed by atoms with Gasteiger partial charge in [0, 0.05) is 17.0 Å². The first kappa shape index (κ1) is 19.9. The van der Waals surface area contributed by atoms with Crippen LogP contribution in [0.4, 0.5) is 0 Å². The molecular formula is C18H24ClNO4S. The highest BCUT2D eigenvalue weighted by atomic mass is 35.5. The van der Waals surface area contributed by atoms with E-state index in [1.165, 1.54) is 12.1 Å². The molecule has 0 saturated heterocycles. The van der Waals surface area contributed by atoms with Gasteiger partial charge in [0.15, 0.2) is 0 Å². The lowest BCUT2D eigenvalue weighted by molar-refractivity contribution is -0.136. The topological polar surface area (TPSA) is 83.5 Å². The molecule has 0 spiro atoms. The first-order valence-electron chi connectivity index (χ1n) is 8.49. The van der Waals surface area contributed by atoms with E-state index in [0.717, 1.165) is 32.1 Å². The summed E-state index contributed by atoms with van der Waals surface area (Å²) in [7, 11) is -3.59. The van der Waals surface area contributed by atoms with Gasteiger partial charge in [-0.2, -0.15) is 0 Å². The highest BCUT2D eigenvalue weighted by molar-refractivity contribution is 7.89. The summed E-state index contributed by atoms with van der Waals surface area (Å²) in [6, 6.07) is 6.17. The van der Waals surface area contributed by atoms with Crippen LogP contribution in [-0.2, 0) is 14.8 Å². The summed E-state index contributed by atoms with van der Waals surface area (Å²) in [5.41, 5.74) is -0.421. The largest absolute Gasteiger partial charge is 0.481 e. The fourth-order valence-electron chi connectivity index (χ4n) is 3.21. The standard InChI is InChI=1S/C18H24ClNO4S/c19-15-8-10-16(11-9-15)25(23,24)20-18(13-5-6-14-18)12-4-2-1-3-7-17(21)22/h1-2,8-11,20H,3-7,12-14H2,(H,21,22)/b2-1-. The SMILES string of the molecule is O=C(O)CC/C=C\CCC1(NS(=O)(=O)c2ccc(Cl)cc2)CCCC1. The number of carboxylic acids is 1. The first-order valence-corrected chi connectivity index (χ1v) is 10.4. The van der Waals surface area contributed by atoms with Crippen molar-refractivity contribution < 1.29 is 18.3 Å². The van der Waals surface area contributed by atoms with Crippen molar-refractivity contribution in [1.29, 1.82) is 0 Å². The second kappa shape index (κ2) is 8.83. The highest BCUT2D eigenvalue weighted by Gasteiger charge is 2.37. The third-order valence-electron chi connectivity index (χ3n) is 4.52. The Hall–Kier alpha value is -1.37. The molecule has 1 aliphatic carbocycles. The molecule has 2 rings (SSSR count). The monoisotopic (exact) mass is 385 g/mol. The third-order valence-corrected chi connectivity index (χ3v) is 6.36. The summed E-state index contributed by atoms with van der Waals surface area (Å²) < 4.78 is 28.3. The van der Waals surface area contributed by atoms with Crippen LogP contribution in [0.5, 0.6) is 0 Å². The number of aliphatic carboxylic acids is 1. The number of sulfonamides is 1. The van der Waals surface area contributed by atoms with E-state index in [4.69, 9.17) is 16.7 Å². The van der Waals surface area contributed by atoms with Crippen LogP contribution in [0.3, 0.4) is 0 Å². The smallest absolute Gasteiger partial charge is 0.303 e. The number of carbonyl (C=O) groups is 1. The van der Waals surface area contributed by atoms with E-state index < -0.39 is 21.5 Å². The molecule has 0 unspecified atom stereocenters. The molecule has 5 nitrogen and oxygen atoms in total. The molecule has 1 aromatic rings. The third kappa shape index (κ3) is 6.13. The lowest BCUT2D eigenvalue weighted by Gasteiger charge is -2.29. The average molecular weight is 386 g/mol. The van der Waals surface area contributed by atoms with Gasteiger partial charge in [0.1, 0.15) is 0 Å². The van der Waals surface area contributed by atoms with E-state index in [2.05, 4.69) is 4.72 Å². The van der Waals surface area contributed by atoms with Crippen molar-refractivity contribution in [1.82, 2.24) is 4.72 Å². The van der Waals surface area contributed by atoms with Gasteiger partial charge in [-0.25, -0.2) is 13.1 Å². The number of halogens is 1. The minimum Gasteiger partial charge on any atom is -0.481 e. The van der Waals surface area contributed by atoms with Crippen molar-refractivity contribution in [2.75, 3.05) is 0 Å². The quantitative estimate of drug-likeness (QED) is 0.626. The molecule has 0 aromatic heterocycles. The molecule has 0 aliphatic heterocycles. The summed E-state index contributed by atoms with van der Waals surface area (Å²) in [5, 5.41) is 9.12. The van der Waals surface area contributed by atoms with Crippen molar-refractivity contribution in [2.24, 2.45) is 0 Å². The predicted molar refractivity (Wildman–Crippen MR) is 98.2 cm³/mol. The van der Waals surface area contributed by atoms with Crippen LogP contribution in [0.1, 0.15) is 51.4 Å². The number of hydrogen-bond acceptors (Lipinski definition) is 3. The van der Waals surface area contributed by atoms with Crippen LogP contribution in [-0.4, -0.2) is 25.0 Å². The first-order chi connectivity index (χ1) is 11.8. The number of carboxylic acid groups (broad SMARTS) is 1. The van der Waals surface area contributed by atoms with Crippen molar-refractivity contribution in [2.45, 2.75) is 61.8 Å². The van der Waals surface area contributed by atoms with Gasteiger partial charge in [0.2, 0.25) is 10.0 Å². The van der Waals surface area contributed by atoms with Gasteiger partial charge in [-0.3, -0.25) is 4.79 Å². The lowest BCUT2D eigenvalue weighted by Crippen LogP contribution is -2.46. The van der Waals surface area contributed by atoms with Crippen LogP contribution in [0.15, 0.2) is 41.3 Å². The van der Waals surface area contributed by atoms with E-state index >= 15 is 0 Å². The second-order valence-electron chi connectivity index (χ2n) is 6.49. The van der Waals surface area contributed by atoms with Crippen molar-refractivity contribution in [3.63, 3.8) is 0 Å². The van der Waals surface area contributed by atoms with Crippen molar-refractivity contribution in [3.8, 4) is 0 Å². The maximum atomic E-state index is 12.7. The summed E-state index contributed by atoms with van der Waals surface area (Å²) >= 11 is 5.83. The summed E-state index contributed by atoms with van der Waals surface area (Å²) in [6.45, 7) is 0. The normalized spacial score (nSPS) is 17.2. The Labute approximate surface area is 154 Å². The van der Waals surface area contributed by atoms with E-state index in [1.807, 2.05) is 12.2 Å². The molecule has 2 N–H and O–H groups in total. The van der Waals surface area contributed by atoms with E-state index in [0.29, 0.717) is 17.9 Å². The fraction of sp³-hybridized carbons (Fsp3) is 0.500. The minimum absolute atomic E-state index is 0.116. The van der Waals surface area contributed by atoms with Crippen LogP contribution >= 0.6 is 11.6 Å². The average Bonchev–Trinajstić information content (AvgIpc) is 2.99. The number of nitrogens with one attached hydrogen (secondary N) is 1. The van der Waals surface area contributed by atoms with Gasteiger partial charge >= 0.3 is 5.97 Å². The van der Waals surface area contributed by atoms with Crippen LogP contribution in [0.25, 0.3) is 0 Å². The lowest BCUT2D eigenvalue weighted by atomic mass is 9.93. The van der Waals surface area contributed by atoms with Gasteiger partial charge < -0.3 is 5.11 Å². The van der Waals surface area contributed by atoms with E-state index in [-0.39, 0.29) is 11.3 Å². The molecular weight excluding hydrogens is 362 g/mol. The van der Waals surface area contributed by atoms with Crippen LogP contribution in [0, 0.1) is 0 Å². The Morgan fingerprint density at radius 1 is 1.16 bits per heavy atom. The minimum atomic E-state index is -3.59. The predicted octanol–water partition coefficient (Wildman–Crippen LogP) is 4.13. The van der Waals surface area contributed by atoms with Crippen molar-refractivity contribution in [3.05, 3.63) is 41.4 Å². The molecule has 0 bridgehead atoms. The molecule has 7 heteroatoms. The zero-order chi connectivity index (χ0) is 18.3.